The molecule has 1 aromatic rings. The standard InChI is InChI=1S/C14H23N3O2S/c1-10(2)17(8-7-14(15)16)20(18,19)13-9-11(3)5-6-12(13)4/h5-6,9-10H,7-8H2,1-4H3,(H3,15,16). The highest BCUT2D eigenvalue weighted by Gasteiger charge is 2.28. The van der Waals surface area contributed by atoms with E-state index in [9.17, 15) is 8.42 Å². The van der Waals surface area contributed by atoms with E-state index < -0.39 is 10.0 Å². The van der Waals surface area contributed by atoms with Crippen molar-refractivity contribution < 1.29 is 8.42 Å². The van der Waals surface area contributed by atoms with Crippen molar-refractivity contribution >= 4 is 15.9 Å². The highest BCUT2D eigenvalue weighted by molar-refractivity contribution is 7.89. The molecule has 0 aliphatic heterocycles. The average molecular weight is 297 g/mol. The molecule has 1 rings (SSSR count). The van der Waals surface area contributed by atoms with E-state index in [-0.39, 0.29) is 24.8 Å². The summed E-state index contributed by atoms with van der Waals surface area (Å²) in [5.74, 6) is -0.00758. The molecule has 0 spiro atoms. The van der Waals surface area contributed by atoms with Gasteiger partial charge in [-0.05, 0) is 44.9 Å². The summed E-state index contributed by atoms with van der Waals surface area (Å²) >= 11 is 0. The molecule has 3 N–H and O–H groups in total. The summed E-state index contributed by atoms with van der Waals surface area (Å²) in [5.41, 5.74) is 6.97. The van der Waals surface area contributed by atoms with Crippen molar-refractivity contribution in [3.63, 3.8) is 0 Å². The zero-order chi connectivity index (χ0) is 15.5. The lowest BCUT2D eigenvalue weighted by Crippen LogP contribution is -2.39. The van der Waals surface area contributed by atoms with Crippen LogP contribution in [0.4, 0.5) is 0 Å². The van der Waals surface area contributed by atoms with E-state index in [1.54, 1.807) is 13.0 Å². The Morgan fingerprint density at radius 2 is 1.95 bits per heavy atom. The maximum Gasteiger partial charge on any atom is 0.243 e. The molecule has 6 heteroatoms. The number of benzene rings is 1. The van der Waals surface area contributed by atoms with Gasteiger partial charge in [-0.1, -0.05) is 12.1 Å². The predicted molar refractivity (Wildman–Crippen MR) is 81.5 cm³/mol. The molecule has 0 unspecified atom stereocenters. The molecular formula is C14H23N3O2S. The fourth-order valence-corrected chi connectivity index (χ4v) is 3.95. The van der Waals surface area contributed by atoms with Gasteiger partial charge in [-0.2, -0.15) is 4.31 Å². The monoisotopic (exact) mass is 297 g/mol. The van der Waals surface area contributed by atoms with E-state index >= 15 is 0 Å². The third-order valence-corrected chi connectivity index (χ3v) is 5.33. The van der Waals surface area contributed by atoms with Gasteiger partial charge in [0.15, 0.2) is 0 Å². The van der Waals surface area contributed by atoms with Crippen molar-refractivity contribution in [1.82, 2.24) is 4.31 Å². The molecule has 5 nitrogen and oxygen atoms in total. The Morgan fingerprint density at radius 3 is 2.45 bits per heavy atom. The zero-order valence-corrected chi connectivity index (χ0v) is 13.3. The minimum absolute atomic E-state index is 0.00758. The smallest absolute Gasteiger partial charge is 0.243 e. The SMILES string of the molecule is Cc1ccc(C)c(S(=O)(=O)N(CCC(=N)N)C(C)C)c1. The fourth-order valence-electron chi connectivity index (χ4n) is 2.00. The van der Waals surface area contributed by atoms with Crippen LogP contribution in [0.15, 0.2) is 23.1 Å². The molecule has 0 bridgehead atoms. The number of rotatable bonds is 6. The van der Waals surface area contributed by atoms with Crippen LogP contribution in [0.5, 0.6) is 0 Å². The van der Waals surface area contributed by atoms with Gasteiger partial charge in [0.1, 0.15) is 0 Å². The summed E-state index contributed by atoms with van der Waals surface area (Å²) in [6.45, 7) is 7.53. The number of nitrogens with zero attached hydrogens (tertiary/aromatic N) is 1. The summed E-state index contributed by atoms with van der Waals surface area (Å²) in [4.78, 5) is 0.328. The Kier molecular flexibility index (Phi) is 5.30. The molecule has 0 aromatic heterocycles. The first kappa shape index (κ1) is 16.7. The number of hydrogen-bond donors (Lipinski definition) is 2. The second kappa shape index (κ2) is 6.37. The highest BCUT2D eigenvalue weighted by Crippen LogP contribution is 2.23. The van der Waals surface area contributed by atoms with Crippen LogP contribution in [-0.4, -0.2) is 31.1 Å². The lowest BCUT2D eigenvalue weighted by atomic mass is 10.2. The average Bonchev–Trinajstić information content (AvgIpc) is 2.31. The maximum absolute atomic E-state index is 12.8. The summed E-state index contributed by atoms with van der Waals surface area (Å²) in [5, 5.41) is 7.27. The van der Waals surface area contributed by atoms with E-state index in [1.165, 1.54) is 4.31 Å². The van der Waals surface area contributed by atoms with Gasteiger partial charge in [0, 0.05) is 19.0 Å². The lowest BCUT2D eigenvalue weighted by molar-refractivity contribution is 0.361. The van der Waals surface area contributed by atoms with Crippen LogP contribution in [0.3, 0.4) is 0 Å². The normalized spacial score (nSPS) is 12.1. The predicted octanol–water partition coefficient (Wildman–Crippen LogP) is 2.03. The third kappa shape index (κ3) is 3.80. The molecule has 0 saturated carbocycles. The molecule has 112 valence electrons. The summed E-state index contributed by atoms with van der Waals surface area (Å²) in [6.07, 6.45) is 0.238. The first-order valence-electron chi connectivity index (χ1n) is 6.58. The molecule has 20 heavy (non-hydrogen) atoms. The molecule has 0 fully saturated rings. The second-order valence-electron chi connectivity index (χ2n) is 5.25. The van der Waals surface area contributed by atoms with Crippen LogP contribution < -0.4 is 5.73 Å². The number of amidine groups is 1. The number of hydrogen-bond acceptors (Lipinski definition) is 3. The first-order valence-corrected chi connectivity index (χ1v) is 8.02. The fraction of sp³-hybridized carbons (Fsp3) is 0.500. The number of nitrogens with two attached hydrogens (primary N) is 1. The first-order chi connectivity index (χ1) is 9.16. The number of sulfonamides is 1. The van der Waals surface area contributed by atoms with Crippen molar-refractivity contribution in [2.45, 2.75) is 45.1 Å². The van der Waals surface area contributed by atoms with Crippen molar-refractivity contribution in [2.75, 3.05) is 6.54 Å². The van der Waals surface area contributed by atoms with E-state index in [0.717, 1.165) is 11.1 Å². The van der Waals surface area contributed by atoms with Gasteiger partial charge < -0.3 is 5.73 Å². The Bertz CT molecular complexity index is 594. The van der Waals surface area contributed by atoms with Gasteiger partial charge in [0.25, 0.3) is 0 Å². The largest absolute Gasteiger partial charge is 0.388 e. The molecule has 0 atom stereocenters. The van der Waals surface area contributed by atoms with Crippen LogP contribution in [0, 0.1) is 19.3 Å². The van der Waals surface area contributed by atoms with Crippen LogP contribution in [0.25, 0.3) is 0 Å². The molecule has 0 saturated heterocycles. The van der Waals surface area contributed by atoms with Gasteiger partial charge in [0.05, 0.1) is 10.7 Å². The number of nitrogens with one attached hydrogen (secondary N) is 1. The van der Waals surface area contributed by atoms with E-state index in [2.05, 4.69) is 0 Å². The Morgan fingerprint density at radius 1 is 1.35 bits per heavy atom. The van der Waals surface area contributed by atoms with E-state index in [1.807, 2.05) is 32.9 Å². The van der Waals surface area contributed by atoms with Crippen LogP contribution in [0.1, 0.15) is 31.4 Å². The van der Waals surface area contributed by atoms with Crippen molar-refractivity contribution in [3.05, 3.63) is 29.3 Å². The van der Waals surface area contributed by atoms with E-state index in [4.69, 9.17) is 11.1 Å². The molecule has 1 aromatic carbocycles. The van der Waals surface area contributed by atoms with Crippen LogP contribution in [0.2, 0.25) is 0 Å². The molecule has 0 aliphatic rings. The molecular weight excluding hydrogens is 274 g/mol. The molecule has 0 heterocycles. The zero-order valence-electron chi connectivity index (χ0n) is 12.5. The molecule has 0 aliphatic carbocycles. The quantitative estimate of drug-likeness (QED) is 0.622. The topological polar surface area (TPSA) is 87.2 Å². The van der Waals surface area contributed by atoms with Gasteiger partial charge in [-0.25, -0.2) is 8.42 Å². The molecule has 0 radical (unpaired) electrons. The minimum atomic E-state index is -3.57. The Balaban J connectivity index is 3.22. The maximum atomic E-state index is 12.8. The lowest BCUT2D eigenvalue weighted by Gasteiger charge is -2.26. The molecule has 0 amide bonds. The second-order valence-corrected chi connectivity index (χ2v) is 7.11. The number of aryl methyl sites for hydroxylation is 2. The van der Waals surface area contributed by atoms with Gasteiger partial charge in [-0.3, -0.25) is 5.41 Å². The van der Waals surface area contributed by atoms with Crippen molar-refractivity contribution in [3.8, 4) is 0 Å². The Hall–Kier alpha value is -1.40. The highest BCUT2D eigenvalue weighted by atomic mass is 32.2. The minimum Gasteiger partial charge on any atom is -0.388 e. The van der Waals surface area contributed by atoms with Crippen LogP contribution in [-0.2, 0) is 10.0 Å². The summed E-state index contributed by atoms with van der Waals surface area (Å²) in [7, 11) is -3.57. The van der Waals surface area contributed by atoms with Crippen molar-refractivity contribution in [2.24, 2.45) is 5.73 Å². The summed E-state index contributed by atoms with van der Waals surface area (Å²) < 4.78 is 26.9. The van der Waals surface area contributed by atoms with Gasteiger partial charge in [-0.15, -0.1) is 0 Å². The third-order valence-electron chi connectivity index (χ3n) is 3.11. The van der Waals surface area contributed by atoms with Gasteiger partial charge >= 0.3 is 0 Å². The van der Waals surface area contributed by atoms with Crippen molar-refractivity contribution in [1.29, 1.82) is 5.41 Å². The Labute approximate surface area is 121 Å². The van der Waals surface area contributed by atoms with E-state index in [0.29, 0.717) is 4.90 Å². The van der Waals surface area contributed by atoms with Gasteiger partial charge in [0.2, 0.25) is 10.0 Å². The summed E-state index contributed by atoms with van der Waals surface area (Å²) in [6, 6.07) is 5.21. The van der Waals surface area contributed by atoms with Crippen LogP contribution >= 0.6 is 0 Å².